The first-order valence-corrected chi connectivity index (χ1v) is 12.5. The van der Waals surface area contributed by atoms with Crippen molar-refractivity contribution in [3.8, 4) is 5.75 Å². The van der Waals surface area contributed by atoms with Crippen molar-refractivity contribution in [3.63, 3.8) is 0 Å². The van der Waals surface area contributed by atoms with Crippen LogP contribution in [0.2, 0.25) is 0 Å². The summed E-state index contributed by atoms with van der Waals surface area (Å²) >= 11 is 0. The molecule has 1 saturated carbocycles. The van der Waals surface area contributed by atoms with Gasteiger partial charge in [-0.1, -0.05) is 36.8 Å². The Morgan fingerprint density at radius 3 is 2.54 bits per heavy atom. The van der Waals surface area contributed by atoms with Gasteiger partial charge in [-0.25, -0.2) is 5.48 Å². The van der Waals surface area contributed by atoms with Crippen LogP contribution in [0, 0.1) is 0 Å². The molecule has 2 aromatic rings. The Morgan fingerprint density at radius 1 is 1.00 bits per heavy atom. The quantitative estimate of drug-likeness (QED) is 0.0873. The van der Waals surface area contributed by atoms with Crippen molar-refractivity contribution in [2.45, 2.75) is 51.2 Å². The molecule has 0 spiro atoms. The molecule has 2 aliphatic rings. The third-order valence-corrected chi connectivity index (χ3v) is 6.07. The topological polar surface area (TPSA) is 126 Å². The average Bonchev–Trinajstić information content (AvgIpc) is 3.60. The van der Waals surface area contributed by atoms with E-state index in [1.807, 2.05) is 48.5 Å². The molecule has 194 valence electrons. The van der Waals surface area contributed by atoms with Gasteiger partial charge in [-0.3, -0.25) is 19.6 Å². The summed E-state index contributed by atoms with van der Waals surface area (Å²) in [5, 5.41) is 14.3. The summed E-state index contributed by atoms with van der Waals surface area (Å²) < 4.78 is 0. The number of amides is 3. The van der Waals surface area contributed by atoms with E-state index in [0.29, 0.717) is 30.9 Å². The minimum atomic E-state index is -0.403. The highest BCUT2D eigenvalue weighted by Gasteiger charge is 2.26. The van der Waals surface area contributed by atoms with E-state index in [2.05, 4.69) is 10.6 Å². The Hall–Kier alpha value is -3.95. The van der Waals surface area contributed by atoms with E-state index in [9.17, 15) is 14.4 Å². The Balaban J connectivity index is 1.34. The van der Waals surface area contributed by atoms with Gasteiger partial charge in [0.2, 0.25) is 11.8 Å². The molecule has 0 aromatic heterocycles. The summed E-state index contributed by atoms with van der Waals surface area (Å²) in [5.74, 6) is -0.0436. The largest absolute Gasteiger partial charge is 0.353 e. The number of hydrogen-bond acceptors (Lipinski definition) is 6. The smallest absolute Gasteiger partial charge is 0.252 e. The number of unbranched alkanes of at least 4 members (excludes halogenated alkanes) is 2. The molecule has 1 aliphatic carbocycles. The first kappa shape index (κ1) is 26.1. The fraction of sp³-hybridized carbons (Fsp3) is 0.321. The standard InChI is InChI=1S/C28H31N3O6/c32-26(29-15-3-1-2-4-27(33)31-35)14-9-19-5-7-20(8-6-19)16-24(28(34)30-23-11-12-23)21-10-13-25-22(17-21)18-36-37-25/h5-10,13-14,16-17,23,35H,1-4,11-12,15,18H2,(H,29,32)(H,30,34)(H,31,33). The van der Waals surface area contributed by atoms with Crippen molar-refractivity contribution in [2.75, 3.05) is 6.54 Å². The van der Waals surface area contributed by atoms with Gasteiger partial charge in [0.25, 0.3) is 5.91 Å². The number of fused-ring (bicyclic) bond motifs is 1. The molecule has 2 aromatic carbocycles. The van der Waals surface area contributed by atoms with Crippen molar-refractivity contribution in [3.05, 3.63) is 70.8 Å². The summed E-state index contributed by atoms with van der Waals surface area (Å²) in [6.45, 7) is 0.860. The summed E-state index contributed by atoms with van der Waals surface area (Å²) in [4.78, 5) is 46.2. The molecule has 0 saturated heterocycles. The van der Waals surface area contributed by atoms with Gasteiger partial charge >= 0.3 is 0 Å². The second-order valence-electron chi connectivity index (χ2n) is 9.11. The van der Waals surface area contributed by atoms with Crippen LogP contribution in [0.4, 0.5) is 0 Å². The SMILES string of the molecule is O=C(C=Cc1ccc(C=C(C(=O)NC2CC2)c2ccc3c(c2)COO3)cc1)NCCCCCC(=O)NO. The molecule has 3 amide bonds. The normalized spacial score (nSPS) is 14.7. The van der Waals surface area contributed by atoms with E-state index in [1.165, 1.54) is 6.08 Å². The van der Waals surface area contributed by atoms with Crippen molar-refractivity contribution in [1.82, 2.24) is 16.1 Å². The first-order valence-electron chi connectivity index (χ1n) is 12.5. The van der Waals surface area contributed by atoms with Gasteiger partial charge in [0.1, 0.15) is 6.61 Å². The zero-order chi connectivity index (χ0) is 26.0. The highest BCUT2D eigenvalue weighted by Crippen LogP contribution is 2.31. The number of hydrogen-bond donors (Lipinski definition) is 4. The molecule has 9 heteroatoms. The second-order valence-corrected chi connectivity index (χ2v) is 9.11. The molecule has 1 heterocycles. The number of rotatable bonds is 12. The Bertz CT molecular complexity index is 1180. The van der Waals surface area contributed by atoms with Crippen LogP contribution in [0.5, 0.6) is 5.75 Å². The van der Waals surface area contributed by atoms with Crippen molar-refractivity contribution >= 4 is 35.4 Å². The van der Waals surface area contributed by atoms with Gasteiger partial charge in [-0.15, -0.1) is 0 Å². The van der Waals surface area contributed by atoms with Crippen LogP contribution in [0.1, 0.15) is 60.8 Å². The summed E-state index contributed by atoms with van der Waals surface area (Å²) in [6.07, 6.45) is 9.52. The van der Waals surface area contributed by atoms with Crippen molar-refractivity contribution in [2.24, 2.45) is 0 Å². The van der Waals surface area contributed by atoms with Crippen LogP contribution >= 0.6 is 0 Å². The maximum atomic E-state index is 13.0. The lowest BCUT2D eigenvalue weighted by Crippen LogP contribution is -2.26. The van der Waals surface area contributed by atoms with Gasteiger partial charge in [0, 0.05) is 36.2 Å². The van der Waals surface area contributed by atoms with Crippen LogP contribution in [0.25, 0.3) is 17.7 Å². The molecule has 1 aliphatic heterocycles. The molecule has 4 N–H and O–H groups in total. The van der Waals surface area contributed by atoms with E-state index in [0.717, 1.165) is 47.9 Å². The maximum Gasteiger partial charge on any atom is 0.252 e. The molecular weight excluding hydrogens is 474 g/mol. The molecule has 0 radical (unpaired) electrons. The van der Waals surface area contributed by atoms with Gasteiger partial charge < -0.3 is 15.5 Å². The zero-order valence-electron chi connectivity index (χ0n) is 20.5. The van der Waals surface area contributed by atoms with E-state index in [4.69, 9.17) is 15.0 Å². The predicted octanol–water partition coefficient (Wildman–Crippen LogP) is 3.53. The monoisotopic (exact) mass is 505 g/mol. The molecule has 9 nitrogen and oxygen atoms in total. The highest BCUT2D eigenvalue weighted by atomic mass is 17.2. The number of benzene rings is 2. The maximum absolute atomic E-state index is 13.0. The number of carbonyl (C=O) groups is 3. The van der Waals surface area contributed by atoms with E-state index in [1.54, 1.807) is 11.6 Å². The number of carbonyl (C=O) groups excluding carboxylic acids is 3. The van der Waals surface area contributed by atoms with E-state index >= 15 is 0 Å². The van der Waals surface area contributed by atoms with E-state index in [-0.39, 0.29) is 24.3 Å². The number of hydroxylamine groups is 1. The predicted molar refractivity (Wildman–Crippen MR) is 138 cm³/mol. The van der Waals surface area contributed by atoms with Gasteiger partial charge in [0.15, 0.2) is 5.75 Å². The lowest BCUT2D eigenvalue weighted by molar-refractivity contribution is -0.194. The fourth-order valence-corrected chi connectivity index (χ4v) is 3.82. The lowest BCUT2D eigenvalue weighted by atomic mass is 9.99. The minimum Gasteiger partial charge on any atom is -0.353 e. The Kier molecular flexibility index (Phi) is 9.07. The zero-order valence-corrected chi connectivity index (χ0v) is 20.5. The van der Waals surface area contributed by atoms with Crippen molar-refractivity contribution < 1.29 is 29.4 Å². The molecule has 0 atom stereocenters. The summed E-state index contributed by atoms with van der Waals surface area (Å²) in [7, 11) is 0. The van der Waals surface area contributed by atoms with Crippen LogP contribution in [0.3, 0.4) is 0 Å². The summed E-state index contributed by atoms with van der Waals surface area (Å²) in [5.41, 5.74) is 5.59. The van der Waals surface area contributed by atoms with Crippen LogP contribution in [0.15, 0.2) is 48.5 Å². The third kappa shape index (κ3) is 8.03. The molecule has 37 heavy (non-hydrogen) atoms. The van der Waals surface area contributed by atoms with Crippen LogP contribution in [-0.4, -0.2) is 35.5 Å². The lowest BCUT2D eigenvalue weighted by Gasteiger charge is -2.10. The molecule has 4 rings (SSSR count). The van der Waals surface area contributed by atoms with Gasteiger partial charge in [0.05, 0.1) is 0 Å². The van der Waals surface area contributed by atoms with Crippen molar-refractivity contribution in [1.29, 1.82) is 0 Å². The molecule has 1 fully saturated rings. The fourth-order valence-electron chi connectivity index (χ4n) is 3.82. The molecular formula is C28H31N3O6. The van der Waals surface area contributed by atoms with Crippen LogP contribution in [-0.2, 0) is 25.9 Å². The minimum absolute atomic E-state index is 0.111. The summed E-state index contributed by atoms with van der Waals surface area (Å²) in [6, 6.07) is 13.4. The average molecular weight is 506 g/mol. The highest BCUT2D eigenvalue weighted by molar-refractivity contribution is 6.24. The molecule has 0 bridgehead atoms. The Morgan fingerprint density at radius 2 is 1.78 bits per heavy atom. The van der Waals surface area contributed by atoms with Gasteiger partial charge in [-0.2, -0.15) is 4.89 Å². The Labute approximate surface area is 215 Å². The first-order chi connectivity index (χ1) is 18.0. The van der Waals surface area contributed by atoms with Gasteiger partial charge in [-0.05, 0) is 66.7 Å². The third-order valence-electron chi connectivity index (χ3n) is 6.07. The van der Waals surface area contributed by atoms with Crippen LogP contribution < -0.4 is 21.0 Å². The number of nitrogens with one attached hydrogen (secondary N) is 3. The van der Waals surface area contributed by atoms with E-state index < -0.39 is 5.91 Å². The second kappa shape index (κ2) is 12.8. The molecule has 0 unspecified atom stereocenters.